The van der Waals surface area contributed by atoms with Gasteiger partial charge in [-0.1, -0.05) is 66.7 Å². The fourth-order valence-corrected chi connectivity index (χ4v) is 5.66. The van der Waals surface area contributed by atoms with Crippen molar-refractivity contribution in [2.45, 2.75) is 24.5 Å². The van der Waals surface area contributed by atoms with Gasteiger partial charge in [0, 0.05) is 43.2 Å². The molecule has 180 valence electrons. The number of nitrogens with zero attached hydrogens (tertiary/aromatic N) is 3. The van der Waals surface area contributed by atoms with E-state index in [4.69, 9.17) is 4.74 Å². The van der Waals surface area contributed by atoms with Gasteiger partial charge in [-0.2, -0.15) is 0 Å². The Morgan fingerprint density at radius 1 is 0.971 bits per heavy atom. The number of fused-ring (bicyclic) bond motifs is 1. The standard InChI is InChI=1S/C27H31N3O3.ClH/c1-2-15-28-16-13-21(14-17-28)25(31)29-18-19-30-24(20-29)27(33-26(30)32,22-9-5-3-6-10-22)23-11-7-4-8-12-23;/h2-12,21,24H,1,13-20H2;1H. The minimum atomic E-state index is -0.939. The lowest BCUT2D eigenvalue weighted by molar-refractivity contribution is -0.140. The molecule has 0 N–H and O–H groups in total. The summed E-state index contributed by atoms with van der Waals surface area (Å²) in [6.07, 6.45) is 3.36. The minimum Gasteiger partial charge on any atom is -0.431 e. The van der Waals surface area contributed by atoms with Crippen molar-refractivity contribution in [2.75, 3.05) is 39.3 Å². The molecule has 3 aliphatic heterocycles. The smallest absolute Gasteiger partial charge is 0.411 e. The number of ether oxygens (including phenoxy) is 1. The number of likely N-dealkylation sites (tertiary alicyclic amines) is 1. The summed E-state index contributed by atoms with van der Waals surface area (Å²) in [6, 6.07) is 19.6. The van der Waals surface area contributed by atoms with E-state index in [-0.39, 0.29) is 36.4 Å². The SMILES string of the molecule is C=CCN1CCC(C(=O)N2CCN3C(=O)OC(c4ccccc4)(c4ccccc4)C3C2)CC1.Cl. The van der Waals surface area contributed by atoms with Gasteiger partial charge in [0.05, 0.1) is 0 Å². The predicted molar refractivity (Wildman–Crippen MR) is 134 cm³/mol. The fourth-order valence-electron chi connectivity index (χ4n) is 5.66. The van der Waals surface area contributed by atoms with E-state index in [0.717, 1.165) is 43.6 Å². The Bertz CT molecular complexity index is 969. The quantitative estimate of drug-likeness (QED) is 0.607. The van der Waals surface area contributed by atoms with Gasteiger partial charge in [-0.25, -0.2) is 4.79 Å². The molecule has 2 aromatic carbocycles. The summed E-state index contributed by atoms with van der Waals surface area (Å²) in [4.78, 5) is 32.7. The van der Waals surface area contributed by atoms with E-state index in [1.54, 1.807) is 0 Å². The second kappa shape index (κ2) is 10.2. The molecular formula is C27H32ClN3O3. The molecule has 2 amide bonds. The third kappa shape index (κ3) is 4.21. The Hall–Kier alpha value is -2.83. The van der Waals surface area contributed by atoms with Crippen LogP contribution in [0, 0.1) is 5.92 Å². The molecule has 3 aliphatic rings. The number of halogens is 1. The van der Waals surface area contributed by atoms with Gasteiger partial charge in [-0.15, -0.1) is 19.0 Å². The highest BCUT2D eigenvalue weighted by Crippen LogP contribution is 2.46. The lowest BCUT2D eigenvalue weighted by atomic mass is 9.79. The number of amides is 2. The van der Waals surface area contributed by atoms with Crippen molar-refractivity contribution < 1.29 is 14.3 Å². The van der Waals surface area contributed by atoms with E-state index in [1.165, 1.54) is 0 Å². The highest BCUT2D eigenvalue weighted by Gasteiger charge is 2.58. The molecule has 3 fully saturated rings. The minimum absolute atomic E-state index is 0. The van der Waals surface area contributed by atoms with Gasteiger partial charge in [-0.05, 0) is 25.9 Å². The Balaban J connectivity index is 0.00000274. The number of carbonyl (C=O) groups is 2. The molecule has 34 heavy (non-hydrogen) atoms. The van der Waals surface area contributed by atoms with Crippen molar-refractivity contribution in [1.29, 1.82) is 0 Å². The van der Waals surface area contributed by atoms with Gasteiger partial charge in [0.1, 0.15) is 6.04 Å². The van der Waals surface area contributed by atoms with E-state index in [2.05, 4.69) is 11.5 Å². The number of carbonyl (C=O) groups excluding carboxylic acids is 2. The molecule has 0 radical (unpaired) electrons. The number of piperazine rings is 1. The van der Waals surface area contributed by atoms with Crippen LogP contribution in [0.4, 0.5) is 4.79 Å². The zero-order chi connectivity index (χ0) is 22.8. The zero-order valence-electron chi connectivity index (χ0n) is 19.3. The lowest BCUT2D eigenvalue weighted by Crippen LogP contribution is -2.59. The van der Waals surface area contributed by atoms with Gasteiger partial charge in [-0.3, -0.25) is 14.6 Å². The van der Waals surface area contributed by atoms with Crippen LogP contribution in [0.3, 0.4) is 0 Å². The van der Waals surface area contributed by atoms with Gasteiger partial charge < -0.3 is 9.64 Å². The molecule has 2 aromatic rings. The largest absolute Gasteiger partial charge is 0.431 e. The van der Waals surface area contributed by atoms with Crippen molar-refractivity contribution >= 4 is 24.4 Å². The normalized spacial score (nSPS) is 22.5. The monoisotopic (exact) mass is 481 g/mol. The van der Waals surface area contributed by atoms with Crippen LogP contribution in [0.1, 0.15) is 24.0 Å². The Morgan fingerprint density at radius 3 is 2.12 bits per heavy atom. The van der Waals surface area contributed by atoms with E-state index >= 15 is 0 Å². The number of rotatable bonds is 5. The molecule has 1 atom stereocenters. The highest BCUT2D eigenvalue weighted by molar-refractivity contribution is 5.85. The Kier molecular flexibility index (Phi) is 7.29. The van der Waals surface area contributed by atoms with Gasteiger partial charge >= 0.3 is 6.09 Å². The van der Waals surface area contributed by atoms with Crippen molar-refractivity contribution in [3.63, 3.8) is 0 Å². The maximum absolute atomic E-state index is 13.5. The lowest BCUT2D eigenvalue weighted by Gasteiger charge is -2.43. The van der Waals surface area contributed by atoms with Crippen LogP contribution in [0.2, 0.25) is 0 Å². The van der Waals surface area contributed by atoms with Crippen LogP contribution >= 0.6 is 12.4 Å². The molecular weight excluding hydrogens is 450 g/mol. The molecule has 5 rings (SSSR count). The molecule has 0 bridgehead atoms. The summed E-state index contributed by atoms with van der Waals surface area (Å²) in [7, 11) is 0. The Labute approximate surface area is 207 Å². The Morgan fingerprint density at radius 2 is 1.56 bits per heavy atom. The van der Waals surface area contributed by atoms with Gasteiger partial charge in [0.25, 0.3) is 0 Å². The number of hydrogen-bond donors (Lipinski definition) is 0. The zero-order valence-corrected chi connectivity index (χ0v) is 20.2. The average Bonchev–Trinajstić information content (AvgIpc) is 3.18. The molecule has 0 aromatic heterocycles. The first-order valence-electron chi connectivity index (χ1n) is 11.9. The van der Waals surface area contributed by atoms with Crippen LogP contribution in [0.15, 0.2) is 73.3 Å². The summed E-state index contributed by atoms with van der Waals surface area (Å²) in [5.41, 5.74) is 0.930. The summed E-state index contributed by atoms with van der Waals surface area (Å²) < 4.78 is 6.22. The predicted octanol–water partition coefficient (Wildman–Crippen LogP) is 3.91. The van der Waals surface area contributed by atoms with Crippen LogP contribution in [-0.2, 0) is 15.1 Å². The molecule has 6 nitrogen and oxygen atoms in total. The topological polar surface area (TPSA) is 53.1 Å². The third-order valence-electron chi connectivity index (χ3n) is 7.37. The summed E-state index contributed by atoms with van der Waals surface area (Å²) in [6.45, 7) is 8.06. The van der Waals surface area contributed by atoms with E-state index in [9.17, 15) is 9.59 Å². The second-order valence-electron chi connectivity index (χ2n) is 9.19. The van der Waals surface area contributed by atoms with E-state index in [1.807, 2.05) is 76.5 Å². The van der Waals surface area contributed by atoms with Crippen molar-refractivity contribution in [2.24, 2.45) is 5.92 Å². The van der Waals surface area contributed by atoms with Crippen LogP contribution in [0.25, 0.3) is 0 Å². The molecule has 3 heterocycles. The first-order chi connectivity index (χ1) is 16.1. The van der Waals surface area contributed by atoms with Crippen LogP contribution in [-0.4, -0.2) is 72.0 Å². The van der Waals surface area contributed by atoms with Crippen molar-refractivity contribution in [3.05, 3.63) is 84.4 Å². The van der Waals surface area contributed by atoms with Crippen molar-refractivity contribution in [1.82, 2.24) is 14.7 Å². The molecule has 0 aliphatic carbocycles. The molecule has 7 heteroatoms. The number of hydrogen-bond acceptors (Lipinski definition) is 4. The maximum Gasteiger partial charge on any atom is 0.411 e. The van der Waals surface area contributed by atoms with Crippen LogP contribution < -0.4 is 0 Å². The van der Waals surface area contributed by atoms with Crippen molar-refractivity contribution in [3.8, 4) is 0 Å². The number of piperidine rings is 1. The fraction of sp³-hybridized carbons (Fsp3) is 0.407. The molecule has 3 saturated heterocycles. The average molecular weight is 482 g/mol. The van der Waals surface area contributed by atoms with E-state index < -0.39 is 5.60 Å². The summed E-state index contributed by atoms with van der Waals surface area (Å²) >= 11 is 0. The maximum atomic E-state index is 13.5. The first kappa shape index (κ1) is 24.3. The van der Waals surface area contributed by atoms with Gasteiger partial charge in [0.15, 0.2) is 5.60 Å². The number of cyclic esters (lactones) is 1. The second-order valence-corrected chi connectivity index (χ2v) is 9.19. The van der Waals surface area contributed by atoms with E-state index in [0.29, 0.717) is 19.6 Å². The molecule has 1 unspecified atom stereocenters. The highest BCUT2D eigenvalue weighted by atomic mass is 35.5. The van der Waals surface area contributed by atoms with Crippen LogP contribution in [0.5, 0.6) is 0 Å². The third-order valence-corrected chi connectivity index (χ3v) is 7.37. The van der Waals surface area contributed by atoms with Gasteiger partial charge in [0.2, 0.25) is 5.91 Å². The summed E-state index contributed by atoms with van der Waals surface area (Å²) in [5.74, 6) is 0.251. The molecule has 0 spiro atoms. The molecule has 0 saturated carbocycles. The summed E-state index contributed by atoms with van der Waals surface area (Å²) in [5, 5.41) is 0. The number of benzene rings is 2. The first-order valence-corrected chi connectivity index (χ1v) is 11.9.